The van der Waals surface area contributed by atoms with Crippen LogP contribution in [0.15, 0.2) is 71.9 Å². The van der Waals surface area contributed by atoms with Crippen LogP contribution in [-0.2, 0) is 0 Å². The highest BCUT2D eigenvalue weighted by atomic mass is 28.3. The predicted octanol–water partition coefficient (Wildman–Crippen LogP) is 5.14. The topological polar surface area (TPSA) is 0 Å². The lowest BCUT2D eigenvalue weighted by atomic mass is 10.2. The predicted molar refractivity (Wildman–Crippen MR) is 105 cm³/mol. The van der Waals surface area contributed by atoms with Crippen molar-refractivity contribution in [1.82, 2.24) is 0 Å². The van der Waals surface area contributed by atoms with Gasteiger partial charge in [0.2, 0.25) is 0 Å². The van der Waals surface area contributed by atoms with Gasteiger partial charge < -0.3 is 0 Å². The summed E-state index contributed by atoms with van der Waals surface area (Å²) in [6.45, 7) is 4.57. The van der Waals surface area contributed by atoms with Crippen molar-refractivity contribution in [1.29, 1.82) is 0 Å². The molecular formula is C22H29Si. The molecule has 2 rings (SSSR count). The molecule has 0 saturated heterocycles. The largest absolute Gasteiger partial charge is 0.150 e. The highest BCUT2D eigenvalue weighted by molar-refractivity contribution is 6.90. The molecule has 0 atom stereocenters. The Morgan fingerprint density at radius 1 is 0.783 bits per heavy atom. The Bertz CT molecular complexity index is 532. The number of hydrogen-bond acceptors (Lipinski definition) is 0. The average molecular weight is 322 g/mol. The van der Waals surface area contributed by atoms with Crippen LogP contribution in [0, 0.1) is 0 Å². The van der Waals surface area contributed by atoms with Crippen LogP contribution in [0.4, 0.5) is 0 Å². The normalized spacial score (nSPS) is 11.9. The van der Waals surface area contributed by atoms with Gasteiger partial charge in [-0.3, -0.25) is 0 Å². The maximum Gasteiger partial charge on any atom is 0.150 e. The fourth-order valence-electron chi connectivity index (χ4n) is 2.92. The van der Waals surface area contributed by atoms with Crippen molar-refractivity contribution in [2.24, 2.45) is 0 Å². The number of benzene rings is 2. The van der Waals surface area contributed by atoms with Crippen LogP contribution in [0.2, 0.25) is 0 Å². The molecule has 0 heterocycles. The summed E-state index contributed by atoms with van der Waals surface area (Å²) >= 11 is 0. The van der Waals surface area contributed by atoms with E-state index in [0.29, 0.717) is 0 Å². The second kappa shape index (κ2) is 10.2. The maximum atomic E-state index is 2.56. The van der Waals surface area contributed by atoms with Crippen molar-refractivity contribution in [3.8, 4) is 0 Å². The van der Waals surface area contributed by atoms with E-state index in [0.717, 1.165) is 0 Å². The van der Waals surface area contributed by atoms with Gasteiger partial charge >= 0.3 is 0 Å². The van der Waals surface area contributed by atoms with Crippen LogP contribution in [0.5, 0.6) is 0 Å². The van der Waals surface area contributed by atoms with Crippen LogP contribution >= 0.6 is 0 Å². The first-order valence-corrected chi connectivity index (χ1v) is 10.5. The fourth-order valence-corrected chi connectivity index (χ4v) is 5.83. The Morgan fingerprint density at radius 2 is 1.30 bits per heavy atom. The van der Waals surface area contributed by atoms with E-state index in [2.05, 4.69) is 80.6 Å². The summed E-state index contributed by atoms with van der Waals surface area (Å²) in [5.74, 6) is 0. The van der Waals surface area contributed by atoms with E-state index in [-0.39, 0.29) is 0 Å². The molecule has 0 nitrogen and oxygen atoms in total. The van der Waals surface area contributed by atoms with Gasteiger partial charge in [-0.15, -0.1) is 0 Å². The molecule has 0 aliphatic rings. The SMILES string of the molecule is CCCC/C=C(\CCCC)[Si](c1ccccc1)c1ccccc1. The first-order chi connectivity index (χ1) is 11.4. The standard InChI is InChI=1S/C22H29Si/c1-3-5-9-15-20(14-6-4-2)23(21-16-10-7-11-17-21)22-18-12-8-13-19-22/h7-8,10-13,15-19H,3-6,9,14H2,1-2H3/b20-15+. The summed E-state index contributed by atoms with van der Waals surface area (Å²) in [5.41, 5.74) is 0. The number of hydrogen-bond donors (Lipinski definition) is 0. The van der Waals surface area contributed by atoms with Crippen molar-refractivity contribution >= 4 is 19.2 Å². The minimum Gasteiger partial charge on any atom is -0.0887 e. The molecule has 0 bridgehead atoms. The van der Waals surface area contributed by atoms with Gasteiger partial charge in [-0.1, -0.05) is 122 Å². The summed E-state index contributed by atoms with van der Waals surface area (Å²) < 4.78 is 0. The molecule has 23 heavy (non-hydrogen) atoms. The fraction of sp³-hybridized carbons (Fsp3) is 0.364. The summed E-state index contributed by atoms with van der Waals surface area (Å²) in [5, 5.41) is 4.73. The van der Waals surface area contributed by atoms with Crippen LogP contribution < -0.4 is 10.4 Å². The van der Waals surface area contributed by atoms with E-state index in [1.54, 1.807) is 5.20 Å². The Morgan fingerprint density at radius 3 is 1.78 bits per heavy atom. The van der Waals surface area contributed by atoms with Crippen molar-refractivity contribution in [3.63, 3.8) is 0 Å². The second-order valence-electron chi connectivity index (χ2n) is 6.08. The summed E-state index contributed by atoms with van der Waals surface area (Å²) in [6, 6.07) is 22.3. The van der Waals surface area contributed by atoms with E-state index in [1.165, 1.54) is 48.9 Å². The lowest BCUT2D eigenvalue weighted by Crippen LogP contribution is -2.44. The maximum absolute atomic E-state index is 2.56. The van der Waals surface area contributed by atoms with Gasteiger partial charge in [0.25, 0.3) is 0 Å². The van der Waals surface area contributed by atoms with Crippen LogP contribution in [0.3, 0.4) is 0 Å². The zero-order valence-electron chi connectivity index (χ0n) is 14.6. The summed E-state index contributed by atoms with van der Waals surface area (Å²) in [7, 11) is -0.830. The molecule has 0 aliphatic heterocycles. The van der Waals surface area contributed by atoms with Gasteiger partial charge in [0.1, 0.15) is 8.80 Å². The van der Waals surface area contributed by atoms with E-state index >= 15 is 0 Å². The molecule has 2 aromatic carbocycles. The van der Waals surface area contributed by atoms with Gasteiger partial charge in [0.05, 0.1) is 0 Å². The highest BCUT2D eigenvalue weighted by Gasteiger charge is 2.20. The van der Waals surface area contributed by atoms with E-state index in [1.807, 2.05) is 0 Å². The smallest absolute Gasteiger partial charge is 0.0887 e. The van der Waals surface area contributed by atoms with Crippen molar-refractivity contribution in [3.05, 3.63) is 71.9 Å². The first kappa shape index (κ1) is 17.7. The average Bonchev–Trinajstić information content (AvgIpc) is 2.61. The molecule has 0 N–H and O–H groups in total. The zero-order valence-corrected chi connectivity index (χ0v) is 15.6. The van der Waals surface area contributed by atoms with Gasteiger partial charge in [-0.2, -0.15) is 0 Å². The monoisotopic (exact) mass is 321 g/mol. The molecular weight excluding hydrogens is 292 g/mol. The first-order valence-electron chi connectivity index (χ1n) is 9.04. The molecule has 0 spiro atoms. The molecule has 121 valence electrons. The summed E-state index contributed by atoms with van der Waals surface area (Å²) in [6.07, 6.45) is 10.2. The number of allylic oxidation sites excluding steroid dienone is 2. The minimum atomic E-state index is -0.830. The van der Waals surface area contributed by atoms with Crippen LogP contribution in [-0.4, -0.2) is 8.80 Å². The number of unbranched alkanes of at least 4 members (excludes halogenated alkanes) is 3. The third-order valence-electron chi connectivity index (χ3n) is 4.19. The summed E-state index contributed by atoms with van der Waals surface area (Å²) in [4.78, 5) is 0. The van der Waals surface area contributed by atoms with E-state index in [9.17, 15) is 0 Å². The van der Waals surface area contributed by atoms with Gasteiger partial charge in [-0.05, 0) is 12.8 Å². The lowest BCUT2D eigenvalue weighted by molar-refractivity contribution is 0.785. The minimum absolute atomic E-state index is 0.830. The molecule has 1 radical (unpaired) electrons. The van der Waals surface area contributed by atoms with Crippen LogP contribution in [0.25, 0.3) is 0 Å². The van der Waals surface area contributed by atoms with Gasteiger partial charge in [0, 0.05) is 0 Å². The highest BCUT2D eigenvalue weighted by Crippen LogP contribution is 2.14. The molecule has 0 aliphatic carbocycles. The third kappa shape index (κ3) is 5.51. The molecule has 1 heteroatoms. The lowest BCUT2D eigenvalue weighted by Gasteiger charge is -2.20. The second-order valence-corrected chi connectivity index (χ2v) is 8.63. The van der Waals surface area contributed by atoms with Crippen LogP contribution in [0.1, 0.15) is 52.4 Å². The Balaban J connectivity index is 2.38. The Hall–Kier alpha value is -1.60. The Labute approximate surface area is 143 Å². The Kier molecular flexibility index (Phi) is 7.89. The van der Waals surface area contributed by atoms with Gasteiger partial charge in [0.15, 0.2) is 0 Å². The number of rotatable bonds is 9. The van der Waals surface area contributed by atoms with E-state index < -0.39 is 8.80 Å². The van der Waals surface area contributed by atoms with Gasteiger partial charge in [-0.25, -0.2) is 0 Å². The van der Waals surface area contributed by atoms with Crippen molar-refractivity contribution in [2.75, 3.05) is 0 Å². The van der Waals surface area contributed by atoms with Crippen molar-refractivity contribution < 1.29 is 0 Å². The molecule has 2 aromatic rings. The molecule has 0 amide bonds. The molecule has 0 unspecified atom stereocenters. The van der Waals surface area contributed by atoms with E-state index in [4.69, 9.17) is 0 Å². The molecule has 0 saturated carbocycles. The molecule has 0 aromatic heterocycles. The third-order valence-corrected chi connectivity index (χ3v) is 7.11. The van der Waals surface area contributed by atoms with Crippen molar-refractivity contribution in [2.45, 2.75) is 52.4 Å². The quantitative estimate of drug-likeness (QED) is 0.443. The zero-order chi connectivity index (χ0) is 16.3. The molecule has 0 fully saturated rings.